The van der Waals surface area contributed by atoms with Gasteiger partial charge in [0, 0.05) is 37.5 Å². The average Bonchev–Trinajstić information content (AvgIpc) is 2.87. The number of amides is 2. The quantitative estimate of drug-likeness (QED) is 0.311. The van der Waals surface area contributed by atoms with Crippen molar-refractivity contribution in [1.29, 1.82) is 0 Å². The van der Waals surface area contributed by atoms with Crippen LogP contribution in [0.15, 0.2) is 77.3 Å². The van der Waals surface area contributed by atoms with Gasteiger partial charge in [-0.3, -0.25) is 13.9 Å². The average molecular weight is 615 g/mol. The molecule has 1 N–H and O–H groups in total. The lowest BCUT2D eigenvalue weighted by Gasteiger charge is -2.31. The van der Waals surface area contributed by atoms with Crippen molar-refractivity contribution < 1.29 is 18.0 Å². The SMILES string of the molecule is CNC(=O)C(Cc1ccccc1)N(Cc1cccc(Br)c1)C(=O)CCCN(c1cc(C)cc(C)c1)S(C)(=O)=O. The van der Waals surface area contributed by atoms with E-state index in [0.29, 0.717) is 18.5 Å². The van der Waals surface area contributed by atoms with Crippen molar-refractivity contribution in [2.45, 2.75) is 45.7 Å². The van der Waals surface area contributed by atoms with Crippen molar-refractivity contribution >= 4 is 43.5 Å². The predicted octanol–water partition coefficient (Wildman–Crippen LogP) is 5.00. The van der Waals surface area contributed by atoms with E-state index in [0.717, 1.165) is 26.7 Å². The van der Waals surface area contributed by atoms with Gasteiger partial charge in [-0.1, -0.05) is 64.5 Å². The Morgan fingerprint density at radius 1 is 0.923 bits per heavy atom. The van der Waals surface area contributed by atoms with Crippen LogP contribution in [0.5, 0.6) is 0 Å². The molecule has 7 nitrogen and oxygen atoms in total. The Hall–Kier alpha value is -3.17. The van der Waals surface area contributed by atoms with Gasteiger partial charge in [-0.15, -0.1) is 0 Å². The number of nitrogens with zero attached hydrogens (tertiary/aromatic N) is 2. The van der Waals surface area contributed by atoms with Crippen LogP contribution in [-0.2, 0) is 32.6 Å². The summed E-state index contributed by atoms with van der Waals surface area (Å²) in [6.07, 6.45) is 1.93. The first kappa shape index (κ1) is 30.4. The van der Waals surface area contributed by atoms with Crippen LogP contribution in [-0.4, -0.2) is 51.0 Å². The van der Waals surface area contributed by atoms with E-state index in [1.54, 1.807) is 11.9 Å². The molecule has 0 saturated heterocycles. The molecule has 3 aromatic carbocycles. The number of hydrogen-bond acceptors (Lipinski definition) is 4. The second-order valence-electron chi connectivity index (χ2n) is 9.76. The maximum absolute atomic E-state index is 13.7. The first-order valence-corrected chi connectivity index (χ1v) is 15.5. The lowest BCUT2D eigenvalue weighted by molar-refractivity contribution is -0.141. The van der Waals surface area contributed by atoms with Gasteiger partial charge in [-0.05, 0) is 66.8 Å². The summed E-state index contributed by atoms with van der Waals surface area (Å²) in [5.41, 5.74) is 4.33. The number of sulfonamides is 1. The minimum Gasteiger partial charge on any atom is -0.357 e. The summed E-state index contributed by atoms with van der Waals surface area (Å²) < 4.78 is 27.5. The number of halogens is 1. The molecule has 0 aliphatic carbocycles. The van der Waals surface area contributed by atoms with Gasteiger partial charge in [0.25, 0.3) is 0 Å². The Morgan fingerprint density at radius 3 is 2.15 bits per heavy atom. The molecule has 39 heavy (non-hydrogen) atoms. The minimum absolute atomic E-state index is 0.0904. The van der Waals surface area contributed by atoms with Crippen LogP contribution in [0.4, 0.5) is 5.69 Å². The molecular formula is C30H36BrN3O4S. The Bertz CT molecular complexity index is 1380. The summed E-state index contributed by atoms with van der Waals surface area (Å²) in [6, 6.07) is 22.2. The standard InChI is InChI=1S/C30H36BrN3O4S/c1-22-16-23(2)18-27(17-22)34(39(4,37)38)15-9-14-29(35)33(21-25-12-8-13-26(31)19-25)28(30(36)32-3)20-24-10-6-5-7-11-24/h5-8,10-13,16-19,28H,9,14-15,20-21H2,1-4H3,(H,32,36). The van der Waals surface area contributed by atoms with E-state index in [-0.39, 0.29) is 31.3 Å². The molecule has 0 spiro atoms. The van der Waals surface area contributed by atoms with Crippen molar-refractivity contribution in [3.05, 3.63) is 99.5 Å². The monoisotopic (exact) mass is 613 g/mol. The summed E-state index contributed by atoms with van der Waals surface area (Å²) in [5.74, 6) is -0.469. The zero-order valence-electron chi connectivity index (χ0n) is 22.9. The van der Waals surface area contributed by atoms with Crippen molar-refractivity contribution in [3.8, 4) is 0 Å². The number of nitrogens with one attached hydrogen (secondary N) is 1. The Kier molecular flexibility index (Phi) is 10.7. The third-order valence-corrected chi connectivity index (χ3v) is 8.09. The largest absolute Gasteiger partial charge is 0.357 e. The molecule has 0 fully saturated rings. The second-order valence-corrected chi connectivity index (χ2v) is 12.6. The van der Waals surface area contributed by atoms with E-state index >= 15 is 0 Å². The highest BCUT2D eigenvalue weighted by Gasteiger charge is 2.30. The number of benzene rings is 3. The smallest absolute Gasteiger partial charge is 0.242 e. The lowest BCUT2D eigenvalue weighted by Crippen LogP contribution is -2.49. The molecule has 9 heteroatoms. The zero-order valence-corrected chi connectivity index (χ0v) is 25.3. The molecule has 0 aromatic heterocycles. The third kappa shape index (κ3) is 8.93. The molecule has 3 aromatic rings. The molecule has 208 valence electrons. The number of likely N-dealkylation sites (N-methyl/N-ethyl adjacent to an activating group) is 1. The highest BCUT2D eigenvalue weighted by molar-refractivity contribution is 9.10. The van der Waals surface area contributed by atoms with Crippen molar-refractivity contribution in [2.24, 2.45) is 0 Å². The number of aryl methyl sites for hydroxylation is 2. The number of carbonyl (C=O) groups is 2. The number of hydrogen-bond donors (Lipinski definition) is 1. The Balaban J connectivity index is 1.86. The van der Waals surface area contributed by atoms with Crippen molar-refractivity contribution in [1.82, 2.24) is 10.2 Å². The van der Waals surface area contributed by atoms with Gasteiger partial charge in [0.05, 0.1) is 11.9 Å². The molecule has 1 unspecified atom stereocenters. The summed E-state index contributed by atoms with van der Waals surface area (Å²) in [7, 11) is -1.99. The number of carbonyl (C=O) groups excluding carboxylic acids is 2. The van der Waals surface area contributed by atoms with Gasteiger partial charge in [-0.2, -0.15) is 0 Å². The first-order chi connectivity index (χ1) is 18.5. The molecule has 2 amide bonds. The van der Waals surface area contributed by atoms with Crippen LogP contribution in [0, 0.1) is 13.8 Å². The molecule has 1 atom stereocenters. The van der Waals surface area contributed by atoms with Crippen molar-refractivity contribution in [3.63, 3.8) is 0 Å². The van der Waals surface area contributed by atoms with Gasteiger partial charge >= 0.3 is 0 Å². The van der Waals surface area contributed by atoms with Gasteiger partial charge < -0.3 is 10.2 Å². The molecule has 0 saturated carbocycles. The molecular weight excluding hydrogens is 578 g/mol. The van der Waals surface area contributed by atoms with Crippen LogP contribution in [0.1, 0.15) is 35.1 Å². The maximum atomic E-state index is 13.7. The Labute approximate surface area is 240 Å². The van der Waals surface area contributed by atoms with E-state index in [4.69, 9.17) is 0 Å². The normalized spacial score (nSPS) is 12.0. The number of rotatable bonds is 12. The Morgan fingerprint density at radius 2 is 1.56 bits per heavy atom. The number of anilines is 1. The van der Waals surface area contributed by atoms with Gasteiger partial charge in [0.15, 0.2) is 0 Å². The highest BCUT2D eigenvalue weighted by atomic mass is 79.9. The summed E-state index contributed by atoms with van der Waals surface area (Å²) in [5, 5.41) is 2.71. The molecule has 0 heterocycles. The third-order valence-electron chi connectivity index (χ3n) is 6.41. The van der Waals surface area contributed by atoms with E-state index in [9.17, 15) is 18.0 Å². The van der Waals surface area contributed by atoms with Gasteiger partial charge in [0.1, 0.15) is 6.04 Å². The molecule has 0 radical (unpaired) electrons. The summed E-state index contributed by atoms with van der Waals surface area (Å²) in [6.45, 7) is 4.25. The zero-order chi connectivity index (χ0) is 28.6. The van der Waals surface area contributed by atoms with Crippen LogP contribution >= 0.6 is 15.9 Å². The molecule has 0 aliphatic heterocycles. The summed E-state index contributed by atoms with van der Waals surface area (Å²) >= 11 is 3.49. The fourth-order valence-electron chi connectivity index (χ4n) is 4.65. The first-order valence-electron chi connectivity index (χ1n) is 12.8. The van der Waals surface area contributed by atoms with E-state index < -0.39 is 16.1 Å². The second kappa shape index (κ2) is 13.8. The fourth-order valence-corrected chi connectivity index (χ4v) is 6.05. The predicted molar refractivity (Wildman–Crippen MR) is 160 cm³/mol. The van der Waals surface area contributed by atoms with Gasteiger partial charge in [-0.25, -0.2) is 8.42 Å². The maximum Gasteiger partial charge on any atom is 0.242 e. The van der Waals surface area contributed by atoms with Crippen LogP contribution in [0.2, 0.25) is 0 Å². The minimum atomic E-state index is -3.56. The van der Waals surface area contributed by atoms with E-state index in [1.165, 1.54) is 10.6 Å². The van der Waals surface area contributed by atoms with Gasteiger partial charge in [0.2, 0.25) is 21.8 Å². The molecule has 0 aliphatic rings. The van der Waals surface area contributed by atoms with E-state index in [1.807, 2.05) is 86.6 Å². The molecule has 3 rings (SSSR count). The lowest BCUT2D eigenvalue weighted by atomic mass is 10.0. The van der Waals surface area contributed by atoms with Crippen LogP contribution in [0.25, 0.3) is 0 Å². The van der Waals surface area contributed by atoms with Crippen LogP contribution in [0.3, 0.4) is 0 Å². The fraction of sp³-hybridized carbons (Fsp3) is 0.333. The topological polar surface area (TPSA) is 86.8 Å². The highest BCUT2D eigenvalue weighted by Crippen LogP contribution is 2.23. The summed E-state index contributed by atoms with van der Waals surface area (Å²) in [4.78, 5) is 28.4. The van der Waals surface area contributed by atoms with Crippen molar-refractivity contribution in [2.75, 3.05) is 24.2 Å². The molecule has 0 bridgehead atoms. The van der Waals surface area contributed by atoms with Crippen LogP contribution < -0.4 is 9.62 Å². The van der Waals surface area contributed by atoms with E-state index in [2.05, 4.69) is 21.2 Å².